The molecule has 3 aromatic carbocycles. The molecule has 0 atom stereocenters. The van der Waals surface area contributed by atoms with Gasteiger partial charge in [0.15, 0.2) is 11.5 Å². The van der Waals surface area contributed by atoms with E-state index in [1.165, 1.54) is 32.4 Å². The number of nitrogens with one attached hydrogen (secondary N) is 1. The predicted molar refractivity (Wildman–Crippen MR) is 155 cm³/mol. The molecule has 0 spiro atoms. The van der Waals surface area contributed by atoms with Gasteiger partial charge in [-0.05, 0) is 60.9 Å². The highest BCUT2D eigenvalue weighted by Crippen LogP contribution is 2.32. The summed E-state index contributed by atoms with van der Waals surface area (Å²) in [5.41, 5.74) is 2.17. The topological polar surface area (TPSA) is 114 Å². The van der Waals surface area contributed by atoms with Gasteiger partial charge >= 0.3 is 0 Å². The normalized spacial score (nSPS) is 13.1. The van der Waals surface area contributed by atoms with E-state index in [1.54, 1.807) is 24.3 Å². The van der Waals surface area contributed by atoms with Crippen molar-refractivity contribution in [2.75, 3.05) is 38.2 Å². The molecule has 11 heteroatoms. The average molecular weight is 582 g/mol. The molecule has 0 saturated carbocycles. The van der Waals surface area contributed by atoms with Crippen molar-refractivity contribution >= 4 is 27.5 Å². The Hall–Kier alpha value is -4.25. The lowest BCUT2D eigenvalue weighted by atomic mass is 10.1. The molecule has 0 radical (unpaired) electrons. The first-order valence-electron chi connectivity index (χ1n) is 13.3. The molecule has 0 aromatic heterocycles. The van der Waals surface area contributed by atoms with Crippen LogP contribution in [-0.2, 0) is 32.7 Å². The first-order valence-corrected chi connectivity index (χ1v) is 14.8. The van der Waals surface area contributed by atoms with Crippen LogP contribution in [0.25, 0.3) is 0 Å². The summed E-state index contributed by atoms with van der Waals surface area (Å²) in [6.07, 6.45) is 1.48. The van der Waals surface area contributed by atoms with Gasteiger partial charge in [0.1, 0.15) is 12.3 Å². The predicted octanol–water partition coefficient (Wildman–Crippen LogP) is 3.74. The molecule has 2 amide bonds. The van der Waals surface area contributed by atoms with Gasteiger partial charge in [0.2, 0.25) is 11.8 Å². The number of benzene rings is 3. The Morgan fingerprint density at radius 3 is 2.24 bits per heavy atom. The van der Waals surface area contributed by atoms with Crippen LogP contribution in [0.4, 0.5) is 5.69 Å². The molecule has 1 aliphatic rings. The number of methoxy groups -OCH3 is 2. The van der Waals surface area contributed by atoms with Crippen molar-refractivity contribution in [1.82, 2.24) is 10.2 Å². The summed E-state index contributed by atoms with van der Waals surface area (Å²) in [6.45, 7) is 3.43. The summed E-state index contributed by atoms with van der Waals surface area (Å²) in [5, 5.41) is 2.82. The Bertz CT molecular complexity index is 1460. The fourth-order valence-electron chi connectivity index (χ4n) is 4.54. The van der Waals surface area contributed by atoms with E-state index < -0.39 is 22.5 Å². The van der Waals surface area contributed by atoms with Gasteiger partial charge in [-0.15, -0.1) is 0 Å². The number of ether oxygens (including phenoxy) is 3. The van der Waals surface area contributed by atoms with Crippen LogP contribution in [0.1, 0.15) is 30.9 Å². The fourth-order valence-corrected chi connectivity index (χ4v) is 5.97. The average Bonchev–Trinajstić information content (AvgIpc) is 3.39. The number of carbonyl (C=O) groups is 2. The lowest BCUT2D eigenvalue weighted by Crippen LogP contribution is -2.40. The Kier molecular flexibility index (Phi) is 9.72. The molecule has 3 aromatic rings. The number of nitrogens with zero attached hydrogens (tertiary/aromatic N) is 2. The first-order chi connectivity index (χ1) is 19.7. The molecular formula is C30H35N3O7S. The largest absolute Gasteiger partial charge is 0.494 e. The minimum Gasteiger partial charge on any atom is -0.494 e. The minimum absolute atomic E-state index is 0.0519. The van der Waals surface area contributed by atoms with Crippen LogP contribution < -0.4 is 23.8 Å². The van der Waals surface area contributed by atoms with Crippen molar-refractivity contribution in [3.05, 3.63) is 77.9 Å². The molecule has 10 nitrogen and oxygen atoms in total. The monoisotopic (exact) mass is 581 g/mol. The van der Waals surface area contributed by atoms with Crippen LogP contribution in [-0.4, -0.2) is 59.0 Å². The van der Waals surface area contributed by atoms with Crippen molar-refractivity contribution in [3.63, 3.8) is 0 Å². The third-order valence-electron chi connectivity index (χ3n) is 6.72. The van der Waals surface area contributed by atoms with Gasteiger partial charge in [-0.25, -0.2) is 8.42 Å². The van der Waals surface area contributed by atoms with Crippen LogP contribution >= 0.6 is 0 Å². The summed E-state index contributed by atoms with van der Waals surface area (Å²) in [7, 11) is -1.29. The number of hydrogen-bond acceptors (Lipinski definition) is 7. The van der Waals surface area contributed by atoms with Gasteiger partial charge in [0.05, 0.1) is 31.4 Å². The quantitative estimate of drug-likeness (QED) is 0.327. The molecule has 4 rings (SSSR count). The summed E-state index contributed by atoms with van der Waals surface area (Å²) in [6, 6.07) is 18.4. The van der Waals surface area contributed by atoms with Crippen LogP contribution in [0.2, 0.25) is 0 Å². The SMILES string of the molecule is CCOc1ccc(N(CC(=O)NCc2ccc(CN3CCCC3=O)cc2)S(=O)(=O)c2ccc(OC)c(OC)c2)cc1. The van der Waals surface area contributed by atoms with E-state index in [-0.39, 0.29) is 23.1 Å². The smallest absolute Gasteiger partial charge is 0.264 e. The zero-order chi connectivity index (χ0) is 29.4. The van der Waals surface area contributed by atoms with Gasteiger partial charge in [0, 0.05) is 32.1 Å². The molecule has 41 heavy (non-hydrogen) atoms. The number of sulfonamides is 1. The molecule has 1 fully saturated rings. The van der Waals surface area contributed by atoms with E-state index in [0.29, 0.717) is 36.8 Å². The molecule has 1 heterocycles. The van der Waals surface area contributed by atoms with Crippen LogP contribution in [0.5, 0.6) is 17.2 Å². The molecule has 218 valence electrons. The number of hydrogen-bond donors (Lipinski definition) is 1. The number of amides is 2. The van der Waals surface area contributed by atoms with Gasteiger partial charge in [-0.2, -0.15) is 0 Å². The third kappa shape index (κ3) is 7.29. The summed E-state index contributed by atoms with van der Waals surface area (Å²) < 4.78 is 44.7. The second-order valence-electron chi connectivity index (χ2n) is 9.47. The van der Waals surface area contributed by atoms with Crippen molar-refractivity contribution in [2.24, 2.45) is 0 Å². The zero-order valence-electron chi connectivity index (χ0n) is 23.5. The van der Waals surface area contributed by atoms with Crippen molar-refractivity contribution in [1.29, 1.82) is 0 Å². The van der Waals surface area contributed by atoms with Gasteiger partial charge in [-0.3, -0.25) is 13.9 Å². The summed E-state index contributed by atoms with van der Waals surface area (Å²) in [4.78, 5) is 26.8. The van der Waals surface area contributed by atoms with Gasteiger partial charge < -0.3 is 24.4 Å². The molecular weight excluding hydrogens is 546 g/mol. The van der Waals surface area contributed by atoms with E-state index in [4.69, 9.17) is 14.2 Å². The zero-order valence-corrected chi connectivity index (χ0v) is 24.3. The van der Waals surface area contributed by atoms with E-state index in [0.717, 1.165) is 28.4 Å². The molecule has 1 saturated heterocycles. The second-order valence-corrected chi connectivity index (χ2v) is 11.3. The lowest BCUT2D eigenvalue weighted by Gasteiger charge is -2.25. The van der Waals surface area contributed by atoms with E-state index >= 15 is 0 Å². The van der Waals surface area contributed by atoms with E-state index in [1.807, 2.05) is 36.1 Å². The third-order valence-corrected chi connectivity index (χ3v) is 8.49. The molecule has 0 bridgehead atoms. The molecule has 0 aliphatic carbocycles. The van der Waals surface area contributed by atoms with E-state index in [2.05, 4.69) is 5.32 Å². The van der Waals surface area contributed by atoms with Crippen LogP contribution in [0.15, 0.2) is 71.6 Å². The van der Waals surface area contributed by atoms with Crippen LogP contribution in [0, 0.1) is 0 Å². The lowest BCUT2D eigenvalue weighted by molar-refractivity contribution is -0.128. The number of rotatable bonds is 13. The minimum atomic E-state index is -4.17. The van der Waals surface area contributed by atoms with Crippen molar-refractivity contribution in [3.8, 4) is 17.2 Å². The Morgan fingerprint density at radius 1 is 0.951 bits per heavy atom. The number of likely N-dealkylation sites (tertiary alicyclic amines) is 1. The van der Waals surface area contributed by atoms with Crippen molar-refractivity contribution < 1.29 is 32.2 Å². The van der Waals surface area contributed by atoms with Crippen LogP contribution in [0.3, 0.4) is 0 Å². The Morgan fingerprint density at radius 2 is 1.63 bits per heavy atom. The second kappa shape index (κ2) is 13.4. The van der Waals surface area contributed by atoms with E-state index in [9.17, 15) is 18.0 Å². The van der Waals surface area contributed by atoms with Crippen molar-refractivity contribution in [2.45, 2.75) is 37.8 Å². The number of anilines is 1. The maximum Gasteiger partial charge on any atom is 0.264 e. The molecule has 1 aliphatic heterocycles. The highest BCUT2D eigenvalue weighted by Gasteiger charge is 2.28. The maximum absolute atomic E-state index is 13.8. The first kappa shape index (κ1) is 29.7. The summed E-state index contributed by atoms with van der Waals surface area (Å²) >= 11 is 0. The highest BCUT2D eigenvalue weighted by atomic mass is 32.2. The standard InChI is InChI=1S/C30H35N3O7S/c1-4-40-25-13-11-24(12-14-25)33(41(36,37)26-15-16-27(38-2)28(18-26)39-3)21-29(34)31-19-22-7-9-23(10-8-22)20-32-17-5-6-30(32)35/h7-16,18H,4-6,17,19-21H2,1-3H3,(H,31,34). The maximum atomic E-state index is 13.8. The van der Waals surface area contributed by atoms with Gasteiger partial charge in [-0.1, -0.05) is 24.3 Å². The van der Waals surface area contributed by atoms with Gasteiger partial charge in [0.25, 0.3) is 10.0 Å². The molecule has 0 unspecified atom stereocenters. The molecule has 1 N–H and O–H groups in total. The summed E-state index contributed by atoms with van der Waals surface area (Å²) in [5.74, 6) is 0.912. The number of carbonyl (C=O) groups excluding carboxylic acids is 2. The highest BCUT2D eigenvalue weighted by molar-refractivity contribution is 7.92. The Balaban J connectivity index is 1.50. The Labute approximate surface area is 240 Å². The fraction of sp³-hybridized carbons (Fsp3) is 0.333.